The Bertz CT molecular complexity index is 2300. The van der Waals surface area contributed by atoms with Crippen molar-refractivity contribution >= 4 is 99.2 Å². The average Bonchev–Trinajstić information content (AvgIpc) is 3.98. The van der Waals surface area contributed by atoms with Crippen molar-refractivity contribution in [2.24, 2.45) is 0 Å². The standard InChI is InChI=1S/C48H44S4/c1-3-5-7-9-33-11-15-35(16-12-33)19-23-39-25-29-43(49-39)37-21-27-41-45(31-37)51-48-42-28-22-38(32-46(42)52-47(41)48)44-30-26-40(50-44)24-20-36-17-13-34(14-18-36)10-8-6-4-2/h11-32H,3-10H2,1-2H3. The molecule has 52 heavy (non-hydrogen) atoms. The van der Waals surface area contributed by atoms with Crippen LogP contribution in [0.4, 0.5) is 0 Å². The predicted octanol–water partition coefficient (Wildman–Crippen LogP) is 16.5. The molecule has 0 aliphatic carbocycles. The van der Waals surface area contributed by atoms with E-state index in [2.05, 4.69) is 147 Å². The van der Waals surface area contributed by atoms with Crippen molar-refractivity contribution in [2.75, 3.05) is 0 Å². The largest absolute Gasteiger partial charge is 0.136 e. The molecule has 4 heterocycles. The van der Waals surface area contributed by atoms with Gasteiger partial charge in [0.05, 0.1) is 9.40 Å². The predicted molar refractivity (Wildman–Crippen MR) is 239 cm³/mol. The van der Waals surface area contributed by atoms with Gasteiger partial charge in [-0.2, -0.15) is 0 Å². The first-order valence-electron chi connectivity index (χ1n) is 18.8. The third-order valence-corrected chi connectivity index (χ3v) is 14.6. The Labute approximate surface area is 324 Å². The first kappa shape index (κ1) is 35.0. The van der Waals surface area contributed by atoms with Gasteiger partial charge in [0, 0.05) is 39.7 Å². The van der Waals surface area contributed by atoms with Crippen LogP contribution in [0.2, 0.25) is 0 Å². The van der Waals surface area contributed by atoms with E-state index in [-0.39, 0.29) is 0 Å². The number of hydrogen-bond acceptors (Lipinski definition) is 4. The van der Waals surface area contributed by atoms with Gasteiger partial charge in [0.1, 0.15) is 0 Å². The quantitative estimate of drug-likeness (QED) is 0.0972. The van der Waals surface area contributed by atoms with Crippen molar-refractivity contribution < 1.29 is 0 Å². The molecule has 8 rings (SSSR count). The first-order chi connectivity index (χ1) is 25.6. The lowest BCUT2D eigenvalue weighted by Crippen LogP contribution is -1.85. The molecular weight excluding hydrogens is 705 g/mol. The Morgan fingerprint density at radius 1 is 0.423 bits per heavy atom. The molecule has 0 spiro atoms. The Kier molecular flexibility index (Phi) is 11.0. The van der Waals surface area contributed by atoms with Gasteiger partial charge in [-0.15, -0.1) is 45.3 Å². The van der Waals surface area contributed by atoms with Gasteiger partial charge in [-0.1, -0.05) is 124 Å². The van der Waals surface area contributed by atoms with E-state index >= 15 is 0 Å². The molecule has 0 atom stereocenters. The summed E-state index contributed by atoms with van der Waals surface area (Å²) in [4.78, 5) is 5.21. The smallest absolute Gasteiger partial charge is 0.0542 e. The molecule has 0 aliphatic heterocycles. The molecule has 0 nitrogen and oxygen atoms in total. The summed E-state index contributed by atoms with van der Waals surface area (Å²) in [6.45, 7) is 4.53. The highest BCUT2D eigenvalue weighted by Gasteiger charge is 2.15. The van der Waals surface area contributed by atoms with E-state index in [0.717, 1.165) is 0 Å². The lowest BCUT2D eigenvalue weighted by molar-refractivity contribution is 0.717. The molecule has 0 saturated carbocycles. The third kappa shape index (κ3) is 7.96. The molecule has 4 heteroatoms. The molecule has 4 aromatic carbocycles. The summed E-state index contributed by atoms with van der Waals surface area (Å²) >= 11 is 7.61. The van der Waals surface area contributed by atoms with Crippen molar-refractivity contribution in [1.29, 1.82) is 0 Å². The molecule has 0 unspecified atom stereocenters. The number of thiophene rings is 4. The number of aryl methyl sites for hydroxylation is 2. The number of rotatable bonds is 14. The van der Waals surface area contributed by atoms with Gasteiger partial charge in [-0.25, -0.2) is 0 Å². The van der Waals surface area contributed by atoms with Crippen molar-refractivity contribution in [1.82, 2.24) is 0 Å². The zero-order chi connectivity index (χ0) is 35.3. The maximum absolute atomic E-state index is 2.40. The van der Waals surface area contributed by atoms with Gasteiger partial charge in [-0.3, -0.25) is 0 Å². The van der Waals surface area contributed by atoms with Crippen LogP contribution < -0.4 is 0 Å². The number of unbranched alkanes of at least 4 members (excludes halogenated alkanes) is 4. The summed E-state index contributed by atoms with van der Waals surface area (Å²) in [6, 6.07) is 41.3. The van der Waals surface area contributed by atoms with Gasteiger partial charge in [0.25, 0.3) is 0 Å². The number of benzene rings is 4. The fraction of sp³-hybridized carbons (Fsp3) is 0.208. The summed E-state index contributed by atoms with van der Waals surface area (Å²) in [7, 11) is 0. The van der Waals surface area contributed by atoms with Crippen LogP contribution in [-0.2, 0) is 12.8 Å². The fourth-order valence-electron chi connectivity index (χ4n) is 6.86. The highest BCUT2D eigenvalue weighted by molar-refractivity contribution is 7.36. The van der Waals surface area contributed by atoms with Gasteiger partial charge in [-0.05, 0) is 108 Å². The van der Waals surface area contributed by atoms with E-state index in [1.54, 1.807) is 0 Å². The number of hydrogen-bond donors (Lipinski definition) is 0. The molecule has 260 valence electrons. The van der Waals surface area contributed by atoms with E-state index in [1.165, 1.54) is 134 Å². The van der Waals surface area contributed by atoms with Crippen molar-refractivity contribution in [3.05, 3.63) is 141 Å². The topological polar surface area (TPSA) is 0 Å². The van der Waals surface area contributed by atoms with Gasteiger partial charge < -0.3 is 0 Å². The van der Waals surface area contributed by atoms with E-state index in [9.17, 15) is 0 Å². The summed E-state index contributed by atoms with van der Waals surface area (Å²) in [6.07, 6.45) is 19.1. The molecule has 0 fully saturated rings. The van der Waals surface area contributed by atoms with Crippen LogP contribution in [0.5, 0.6) is 0 Å². The monoisotopic (exact) mass is 748 g/mol. The minimum absolute atomic E-state index is 1.18. The second-order valence-electron chi connectivity index (χ2n) is 13.8. The zero-order valence-electron chi connectivity index (χ0n) is 30.0. The highest BCUT2D eigenvalue weighted by Crippen LogP contribution is 2.46. The molecule has 0 bridgehead atoms. The summed E-state index contributed by atoms with van der Waals surface area (Å²) in [5.74, 6) is 0. The molecular formula is C48H44S4. The molecule has 0 radical (unpaired) electrons. The van der Waals surface area contributed by atoms with E-state index in [0.29, 0.717) is 0 Å². The summed E-state index contributed by atoms with van der Waals surface area (Å²) in [5, 5.41) is 2.75. The van der Waals surface area contributed by atoms with Crippen molar-refractivity contribution in [3.8, 4) is 20.9 Å². The van der Waals surface area contributed by atoms with Gasteiger partial charge in [0.15, 0.2) is 0 Å². The van der Waals surface area contributed by atoms with E-state index in [1.807, 2.05) is 45.3 Å². The van der Waals surface area contributed by atoms with Crippen LogP contribution >= 0.6 is 45.3 Å². The molecule has 0 amide bonds. The molecule has 8 aromatic rings. The van der Waals surface area contributed by atoms with Crippen LogP contribution in [-0.4, -0.2) is 0 Å². The molecule has 0 saturated heterocycles. The summed E-state index contributed by atoms with van der Waals surface area (Å²) < 4.78 is 5.57. The maximum atomic E-state index is 2.40. The van der Waals surface area contributed by atoms with Crippen LogP contribution in [0.25, 0.3) is 74.8 Å². The third-order valence-electron chi connectivity index (χ3n) is 9.88. The second kappa shape index (κ2) is 16.3. The van der Waals surface area contributed by atoms with Crippen LogP contribution in [0.1, 0.15) is 84.4 Å². The Morgan fingerprint density at radius 2 is 0.865 bits per heavy atom. The van der Waals surface area contributed by atoms with E-state index in [4.69, 9.17) is 0 Å². The van der Waals surface area contributed by atoms with Crippen molar-refractivity contribution in [2.45, 2.75) is 65.2 Å². The molecule has 0 N–H and O–H groups in total. The lowest BCUT2D eigenvalue weighted by Gasteiger charge is -2.01. The SMILES string of the molecule is CCCCCc1ccc(C=Cc2ccc(-c3ccc4c(c3)sc3c5ccc(-c6ccc(C=Cc7ccc(CCCCC)cc7)s6)cc5sc43)s2)cc1. The maximum Gasteiger partial charge on any atom is 0.0542 e. The first-order valence-corrected chi connectivity index (χ1v) is 22.0. The zero-order valence-corrected chi connectivity index (χ0v) is 33.3. The Morgan fingerprint density at radius 3 is 1.29 bits per heavy atom. The highest BCUT2D eigenvalue weighted by atomic mass is 32.1. The van der Waals surface area contributed by atoms with Crippen LogP contribution in [0.3, 0.4) is 0 Å². The van der Waals surface area contributed by atoms with Crippen LogP contribution in [0, 0.1) is 0 Å². The molecule has 0 aliphatic rings. The fourth-order valence-corrected chi connectivity index (χ4v) is 11.4. The average molecular weight is 749 g/mol. The Hall–Kier alpha value is -4.06. The van der Waals surface area contributed by atoms with E-state index < -0.39 is 0 Å². The minimum Gasteiger partial charge on any atom is -0.136 e. The minimum atomic E-state index is 1.18. The number of fused-ring (bicyclic) bond motifs is 5. The normalized spacial score (nSPS) is 12.1. The van der Waals surface area contributed by atoms with Crippen LogP contribution in [0.15, 0.2) is 109 Å². The van der Waals surface area contributed by atoms with Crippen molar-refractivity contribution in [3.63, 3.8) is 0 Å². The second-order valence-corrected chi connectivity index (χ2v) is 18.1. The van der Waals surface area contributed by atoms with Gasteiger partial charge >= 0.3 is 0 Å². The van der Waals surface area contributed by atoms with Gasteiger partial charge in [0.2, 0.25) is 0 Å². The molecule has 4 aromatic heterocycles. The Balaban J connectivity index is 0.952. The lowest BCUT2D eigenvalue weighted by atomic mass is 10.1. The summed E-state index contributed by atoms with van der Waals surface area (Å²) in [5.41, 5.74) is 8.01.